The van der Waals surface area contributed by atoms with Gasteiger partial charge in [-0.3, -0.25) is 0 Å². The van der Waals surface area contributed by atoms with Gasteiger partial charge in [0.2, 0.25) is 0 Å². The van der Waals surface area contributed by atoms with Crippen molar-refractivity contribution in [1.29, 1.82) is 0 Å². The summed E-state index contributed by atoms with van der Waals surface area (Å²) in [4.78, 5) is 0. The normalized spacial score (nSPS) is 23.9. The van der Waals surface area contributed by atoms with Crippen molar-refractivity contribution in [2.24, 2.45) is 23.7 Å². The first-order chi connectivity index (χ1) is 18.4. The first kappa shape index (κ1) is 28.8. The number of benzene rings is 2. The Morgan fingerprint density at radius 1 is 0.816 bits per heavy atom. The zero-order valence-electron chi connectivity index (χ0n) is 22.5. The molecule has 0 amide bonds. The summed E-state index contributed by atoms with van der Waals surface area (Å²) in [6.07, 6.45) is 16.9. The third-order valence-corrected chi connectivity index (χ3v) is 8.82. The Morgan fingerprint density at radius 2 is 1.39 bits per heavy atom. The monoisotopic (exact) mass is 533 g/mol. The van der Waals surface area contributed by atoms with E-state index in [2.05, 4.69) is 17.7 Å². The Bertz CT molecular complexity index is 978. The van der Waals surface area contributed by atoms with E-state index in [0.29, 0.717) is 12.3 Å². The van der Waals surface area contributed by atoms with Gasteiger partial charge in [-0.05, 0) is 92.5 Å². The van der Waals surface area contributed by atoms with Gasteiger partial charge in [0.15, 0.2) is 11.6 Å². The molecule has 0 unspecified atom stereocenters. The quantitative estimate of drug-likeness (QED) is 0.200. The highest BCUT2D eigenvalue weighted by atomic mass is 19.3. The molecule has 2 aliphatic carbocycles. The Kier molecular flexibility index (Phi) is 10.8. The van der Waals surface area contributed by atoms with Crippen molar-refractivity contribution < 1.29 is 27.0 Å². The van der Waals surface area contributed by atoms with Crippen LogP contribution in [-0.2, 0) is 6.42 Å². The summed E-state index contributed by atoms with van der Waals surface area (Å²) in [5.41, 5.74) is 0.0277. The average Bonchev–Trinajstić information content (AvgIpc) is 2.92. The van der Waals surface area contributed by atoms with Crippen molar-refractivity contribution in [3.63, 3.8) is 0 Å². The number of ether oxygens (including phenoxy) is 2. The fourth-order valence-electron chi connectivity index (χ4n) is 6.56. The zero-order valence-corrected chi connectivity index (χ0v) is 22.5. The van der Waals surface area contributed by atoms with Gasteiger partial charge in [0.05, 0.1) is 0 Å². The summed E-state index contributed by atoms with van der Waals surface area (Å²) in [6.45, 7) is -0.659. The Hall–Kier alpha value is -2.24. The van der Waals surface area contributed by atoms with E-state index >= 15 is 4.39 Å². The van der Waals surface area contributed by atoms with Gasteiger partial charge in [0.25, 0.3) is 0 Å². The molecular weight excluding hydrogens is 492 g/mol. The van der Waals surface area contributed by atoms with E-state index in [4.69, 9.17) is 4.74 Å². The van der Waals surface area contributed by atoms with E-state index in [0.717, 1.165) is 43.1 Å². The number of unbranched alkanes of at least 4 members (excludes halogenated alkanes) is 2. The second-order valence-corrected chi connectivity index (χ2v) is 11.3. The van der Waals surface area contributed by atoms with Crippen LogP contribution in [0.15, 0.2) is 30.3 Å². The van der Waals surface area contributed by atoms with Gasteiger partial charge in [0.1, 0.15) is 17.3 Å². The standard InChI is InChI=1S/C32H41F4O2/c1-2-3-4-5-22-6-11-24(12-7-22)25-13-8-23(9-14-25)10-19-28-29(33)20-21-30(31(28)34)37-26-15-17-27(18-16-26)38-32(35)36/h15-18,20,22-25,32H,2-14,19H2,1H3/t22-,23?,24-,25?. The van der Waals surface area contributed by atoms with E-state index < -0.39 is 18.2 Å². The lowest BCUT2D eigenvalue weighted by Crippen LogP contribution is -2.26. The molecular formula is C32H41F4O2. The molecule has 1 radical (unpaired) electrons. The smallest absolute Gasteiger partial charge is 0.387 e. The lowest BCUT2D eigenvalue weighted by Gasteiger charge is -2.38. The average molecular weight is 534 g/mol. The lowest BCUT2D eigenvalue weighted by molar-refractivity contribution is -0.0498. The molecule has 0 heterocycles. The highest BCUT2D eigenvalue weighted by Crippen LogP contribution is 2.43. The molecule has 0 spiro atoms. The number of hydrogen-bond acceptors (Lipinski definition) is 2. The predicted molar refractivity (Wildman–Crippen MR) is 142 cm³/mol. The van der Waals surface area contributed by atoms with Crippen LogP contribution in [0.25, 0.3) is 0 Å². The summed E-state index contributed by atoms with van der Waals surface area (Å²) in [5.74, 6) is 1.77. The molecule has 0 N–H and O–H groups in total. The molecule has 4 rings (SSSR count). The molecule has 2 nitrogen and oxygen atoms in total. The minimum atomic E-state index is -2.93. The van der Waals surface area contributed by atoms with E-state index in [9.17, 15) is 13.2 Å². The van der Waals surface area contributed by atoms with Crippen LogP contribution in [-0.4, -0.2) is 6.61 Å². The molecule has 0 saturated heterocycles. The minimum absolute atomic E-state index is 0.0265. The molecule has 209 valence electrons. The third-order valence-electron chi connectivity index (χ3n) is 8.82. The van der Waals surface area contributed by atoms with Gasteiger partial charge >= 0.3 is 6.61 Å². The van der Waals surface area contributed by atoms with Crippen LogP contribution in [0.3, 0.4) is 0 Å². The maximum Gasteiger partial charge on any atom is 0.387 e. The summed E-state index contributed by atoms with van der Waals surface area (Å²) in [7, 11) is 0. The van der Waals surface area contributed by atoms with Gasteiger partial charge in [-0.2, -0.15) is 8.78 Å². The largest absolute Gasteiger partial charge is 0.454 e. The topological polar surface area (TPSA) is 18.5 Å². The van der Waals surface area contributed by atoms with Crippen LogP contribution >= 0.6 is 0 Å². The molecule has 0 atom stereocenters. The van der Waals surface area contributed by atoms with Crippen molar-refractivity contribution in [3.05, 3.63) is 53.6 Å². The molecule has 2 aromatic rings. The fraction of sp³-hybridized carbons (Fsp3) is 0.625. The van der Waals surface area contributed by atoms with E-state index in [-0.39, 0.29) is 22.8 Å². The number of alkyl halides is 2. The van der Waals surface area contributed by atoms with Gasteiger partial charge < -0.3 is 9.47 Å². The molecule has 2 aromatic carbocycles. The van der Waals surface area contributed by atoms with Crippen LogP contribution in [0.4, 0.5) is 17.6 Å². The van der Waals surface area contributed by atoms with Crippen LogP contribution in [0.2, 0.25) is 0 Å². The second-order valence-electron chi connectivity index (χ2n) is 11.3. The molecule has 6 heteroatoms. The van der Waals surface area contributed by atoms with Crippen LogP contribution in [0.5, 0.6) is 17.2 Å². The highest BCUT2D eigenvalue weighted by molar-refractivity contribution is 5.38. The molecule has 38 heavy (non-hydrogen) atoms. The van der Waals surface area contributed by atoms with Crippen molar-refractivity contribution in [2.45, 2.75) is 103 Å². The maximum absolute atomic E-state index is 15.1. The van der Waals surface area contributed by atoms with E-state index in [1.807, 2.05) is 0 Å². The number of hydrogen-bond donors (Lipinski definition) is 0. The molecule has 0 aromatic heterocycles. The predicted octanol–water partition coefficient (Wildman–Crippen LogP) is 10.3. The summed E-state index contributed by atoms with van der Waals surface area (Å²) in [5, 5.41) is 0. The van der Waals surface area contributed by atoms with Crippen LogP contribution in [0, 0.1) is 41.4 Å². The molecule has 2 aliphatic rings. The number of rotatable bonds is 12. The summed E-state index contributed by atoms with van der Waals surface area (Å²) < 4.78 is 64.2. The zero-order chi connectivity index (χ0) is 26.9. The minimum Gasteiger partial charge on any atom is -0.454 e. The second kappa shape index (κ2) is 14.2. The van der Waals surface area contributed by atoms with E-state index in [1.54, 1.807) is 0 Å². The molecule has 2 fully saturated rings. The molecule has 2 saturated carbocycles. The molecule has 0 bridgehead atoms. The van der Waals surface area contributed by atoms with Crippen molar-refractivity contribution >= 4 is 0 Å². The SMILES string of the molecule is CCCCC[C@H]1CC[C@H](C2CCC(CCc3c(F)c[c]c(Oc4ccc(OC(F)F)cc4)c3F)CC2)CC1. The highest BCUT2D eigenvalue weighted by Gasteiger charge is 2.31. The molecule has 0 aliphatic heterocycles. The maximum atomic E-state index is 15.1. The Morgan fingerprint density at radius 3 is 1.97 bits per heavy atom. The lowest BCUT2D eigenvalue weighted by atomic mass is 9.68. The summed E-state index contributed by atoms with van der Waals surface area (Å²) in [6, 6.07) is 9.02. The first-order valence-electron chi connectivity index (χ1n) is 14.5. The Labute approximate surface area is 225 Å². The first-order valence-corrected chi connectivity index (χ1v) is 14.5. The fourth-order valence-corrected chi connectivity index (χ4v) is 6.56. The van der Waals surface area contributed by atoms with Crippen molar-refractivity contribution in [3.8, 4) is 17.2 Å². The number of halogens is 4. The van der Waals surface area contributed by atoms with Gasteiger partial charge in [-0.1, -0.05) is 58.3 Å². The summed E-state index contributed by atoms with van der Waals surface area (Å²) >= 11 is 0. The third kappa shape index (κ3) is 8.13. The van der Waals surface area contributed by atoms with Crippen LogP contribution < -0.4 is 9.47 Å². The van der Waals surface area contributed by atoms with Gasteiger partial charge in [-0.25, -0.2) is 8.78 Å². The van der Waals surface area contributed by atoms with Crippen LogP contribution in [0.1, 0.15) is 96.0 Å². The van der Waals surface area contributed by atoms with Crippen molar-refractivity contribution in [2.75, 3.05) is 0 Å². The van der Waals surface area contributed by atoms with Gasteiger partial charge in [0, 0.05) is 11.6 Å². The van der Waals surface area contributed by atoms with Gasteiger partial charge in [-0.15, -0.1) is 0 Å². The van der Waals surface area contributed by atoms with Crippen molar-refractivity contribution in [1.82, 2.24) is 0 Å². The van der Waals surface area contributed by atoms with E-state index in [1.165, 1.54) is 88.5 Å². The Balaban J connectivity index is 1.24.